The molecule has 1 rings (SSSR count). The average molecular weight is 253 g/mol. The normalized spacial score (nSPS) is 9.76. The molecule has 0 unspecified atom stereocenters. The van der Waals surface area contributed by atoms with Crippen molar-refractivity contribution in [3.05, 3.63) is 36.6 Å². The first-order valence-corrected chi connectivity index (χ1v) is 6.31. The van der Waals surface area contributed by atoms with E-state index in [9.17, 15) is 4.79 Å². The highest BCUT2D eigenvalue weighted by molar-refractivity contribution is 7.98. The highest BCUT2D eigenvalue weighted by atomic mass is 32.2. The second-order valence-electron chi connectivity index (χ2n) is 3.41. The summed E-state index contributed by atoms with van der Waals surface area (Å²) in [4.78, 5) is 16.5. The average Bonchev–Trinajstić information content (AvgIpc) is 2.36. The predicted octanol–water partition coefficient (Wildman–Crippen LogP) is 3.13. The molecule has 0 saturated heterocycles. The lowest BCUT2D eigenvalue weighted by Crippen LogP contribution is -2.11. The SMILES string of the molecule is C=C(CCC(=O)Nc1ccc(SC)cc1)OO. The minimum atomic E-state index is -0.139. The van der Waals surface area contributed by atoms with Gasteiger partial charge in [0, 0.05) is 23.4 Å². The third kappa shape index (κ3) is 4.93. The molecule has 17 heavy (non-hydrogen) atoms. The topological polar surface area (TPSA) is 58.6 Å². The van der Waals surface area contributed by atoms with Gasteiger partial charge in [-0.15, -0.1) is 11.8 Å². The van der Waals surface area contributed by atoms with Crippen molar-refractivity contribution in [3.63, 3.8) is 0 Å². The van der Waals surface area contributed by atoms with E-state index < -0.39 is 0 Å². The van der Waals surface area contributed by atoms with Crippen molar-refractivity contribution in [3.8, 4) is 0 Å². The van der Waals surface area contributed by atoms with Crippen LogP contribution in [0.4, 0.5) is 5.69 Å². The summed E-state index contributed by atoms with van der Waals surface area (Å²) in [6, 6.07) is 7.58. The van der Waals surface area contributed by atoms with Crippen LogP contribution in [0.25, 0.3) is 0 Å². The van der Waals surface area contributed by atoms with Crippen molar-refractivity contribution in [2.75, 3.05) is 11.6 Å². The van der Waals surface area contributed by atoms with E-state index in [0.717, 1.165) is 10.6 Å². The molecular formula is C12H15NO3S. The summed E-state index contributed by atoms with van der Waals surface area (Å²) in [6.45, 7) is 3.42. The number of carbonyl (C=O) groups is 1. The maximum atomic E-state index is 11.5. The number of allylic oxidation sites excluding steroid dienone is 1. The molecule has 1 amide bonds. The summed E-state index contributed by atoms with van der Waals surface area (Å²) in [5, 5.41) is 11.0. The summed E-state index contributed by atoms with van der Waals surface area (Å²) < 4.78 is 0. The Kier molecular flexibility index (Phi) is 5.59. The molecule has 5 heteroatoms. The number of carbonyl (C=O) groups excluding carboxylic acids is 1. The monoisotopic (exact) mass is 253 g/mol. The lowest BCUT2D eigenvalue weighted by molar-refractivity contribution is -0.205. The Morgan fingerprint density at radius 1 is 1.41 bits per heavy atom. The summed E-state index contributed by atoms with van der Waals surface area (Å²) >= 11 is 1.64. The Morgan fingerprint density at radius 2 is 2.06 bits per heavy atom. The number of benzene rings is 1. The molecule has 0 aliphatic heterocycles. The number of rotatable bonds is 6. The number of thioether (sulfide) groups is 1. The van der Waals surface area contributed by atoms with Crippen LogP contribution in [-0.2, 0) is 9.68 Å². The zero-order valence-electron chi connectivity index (χ0n) is 9.60. The third-order valence-electron chi connectivity index (χ3n) is 2.13. The van der Waals surface area contributed by atoms with Crippen molar-refractivity contribution in [1.82, 2.24) is 0 Å². The molecule has 1 aromatic carbocycles. The number of nitrogens with one attached hydrogen (secondary N) is 1. The van der Waals surface area contributed by atoms with Crippen LogP contribution in [0, 0.1) is 0 Å². The molecule has 0 radical (unpaired) electrons. The molecule has 4 nitrogen and oxygen atoms in total. The minimum absolute atomic E-state index is 0.139. The number of hydrogen-bond donors (Lipinski definition) is 2. The third-order valence-corrected chi connectivity index (χ3v) is 2.88. The number of amides is 1. The Morgan fingerprint density at radius 3 is 2.59 bits per heavy atom. The van der Waals surface area contributed by atoms with Gasteiger partial charge in [0.25, 0.3) is 0 Å². The molecule has 92 valence electrons. The highest BCUT2D eigenvalue weighted by Crippen LogP contribution is 2.17. The lowest BCUT2D eigenvalue weighted by atomic mass is 10.2. The summed E-state index contributed by atoms with van der Waals surface area (Å²) in [6.07, 6.45) is 2.52. The van der Waals surface area contributed by atoms with Gasteiger partial charge >= 0.3 is 0 Å². The van der Waals surface area contributed by atoms with Gasteiger partial charge in [-0.1, -0.05) is 6.58 Å². The Bertz CT molecular complexity index is 389. The van der Waals surface area contributed by atoms with Gasteiger partial charge in [0.2, 0.25) is 5.91 Å². The van der Waals surface area contributed by atoms with Crippen molar-refractivity contribution in [1.29, 1.82) is 0 Å². The second kappa shape index (κ2) is 6.98. The van der Waals surface area contributed by atoms with Crippen molar-refractivity contribution < 1.29 is 14.9 Å². The van der Waals surface area contributed by atoms with E-state index in [1.54, 1.807) is 11.8 Å². The van der Waals surface area contributed by atoms with Gasteiger partial charge in [-0.05, 0) is 30.5 Å². The van der Waals surface area contributed by atoms with Crippen LogP contribution < -0.4 is 5.32 Å². The van der Waals surface area contributed by atoms with Crippen LogP contribution in [0.15, 0.2) is 41.5 Å². The Labute approximate surface area is 105 Å². The summed E-state index contributed by atoms with van der Waals surface area (Å²) in [7, 11) is 0. The summed E-state index contributed by atoms with van der Waals surface area (Å²) in [5.41, 5.74) is 0.753. The zero-order valence-corrected chi connectivity index (χ0v) is 10.4. The molecule has 0 saturated carbocycles. The van der Waals surface area contributed by atoms with Gasteiger partial charge in [-0.3, -0.25) is 4.79 Å². The van der Waals surface area contributed by atoms with Crippen molar-refractivity contribution in [2.24, 2.45) is 0 Å². The standard InChI is InChI=1S/C12H15NO3S/c1-9(16-15)3-8-12(14)13-10-4-6-11(17-2)7-5-10/h4-7,15H,1,3,8H2,2H3,(H,13,14). The second-order valence-corrected chi connectivity index (χ2v) is 4.29. The van der Waals surface area contributed by atoms with Crippen LogP contribution >= 0.6 is 11.8 Å². The first-order valence-electron chi connectivity index (χ1n) is 5.09. The molecule has 0 aliphatic carbocycles. The van der Waals surface area contributed by atoms with E-state index in [0.29, 0.717) is 6.42 Å². The fourth-order valence-corrected chi connectivity index (χ4v) is 1.60. The van der Waals surface area contributed by atoms with E-state index in [2.05, 4.69) is 16.8 Å². The fourth-order valence-electron chi connectivity index (χ4n) is 1.20. The minimum Gasteiger partial charge on any atom is -0.345 e. The van der Waals surface area contributed by atoms with Gasteiger partial charge < -0.3 is 10.2 Å². The van der Waals surface area contributed by atoms with E-state index in [-0.39, 0.29) is 18.1 Å². The van der Waals surface area contributed by atoms with Crippen LogP contribution in [0.2, 0.25) is 0 Å². The molecular weight excluding hydrogens is 238 g/mol. The molecule has 0 aliphatic rings. The molecule has 1 aromatic rings. The molecule has 0 fully saturated rings. The maximum absolute atomic E-state index is 11.5. The maximum Gasteiger partial charge on any atom is 0.224 e. The lowest BCUT2D eigenvalue weighted by Gasteiger charge is -2.06. The van der Waals surface area contributed by atoms with E-state index in [4.69, 9.17) is 5.26 Å². The first kappa shape index (κ1) is 13.6. The molecule has 0 bridgehead atoms. The molecule has 0 aromatic heterocycles. The Hall–Kier alpha value is -1.46. The van der Waals surface area contributed by atoms with E-state index in [1.165, 1.54) is 0 Å². The van der Waals surface area contributed by atoms with Crippen LogP contribution in [-0.4, -0.2) is 17.4 Å². The molecule has 0 atom stereocenters. The van der Waals surface area contributed by atoms with E-state index >= 15 is 0 Å². The van der Waals surface area contributed by atoms with Gasteiger partial charge in [-0.2, -0.15) is 0 Å². The summed E-state index contributed by atoms with van der Waals surface area (Å²) in [5.74, 6) is 0.0398. The quantitative estimate of drug-likeness (QED) is 0.354. The van der Waals surface area contributed by atoms with Crippen molar-refractivity contribution in [2.45, 2.75) is 17.7 Å². The number of hydrogen-bond acceptors (Lipinski definition) is 4. The molecule has 2 N–H and O–H groups in total. The smallest absolute Gasteiger partial charge is 0.224 e. The van der Waals surface area contributed by atoms with Crippen LogP contribution in [0.1, 0.15) is 12.8 Å². The largest absolute Gasteiger partial charge is 0.345 e. The predicted molar refractivity (Wildman–Crippen MR) is 68.9 cm³/mol. The van der Waals surface area contributed by atoms with E-state index in [1.807, 2.05) is 30.5 Å². The molecule has 0 spiro atoms. The van der Waals surface area contributed by atoms with Crippen LogP contribution in [0.3, 0.4) is 0 Å². The van der Waals surface area contributed by atoms with Gasteiger partial charge in [-0.25, -0.2) is 5.26 Å². The van der Waals surface area contributed by atoms with Gasteiger partial charge in [0.15, 0.2) is 0 Å². The van der Waals surface area contributed by atoms with Crippen LogP contribution in [0.5, 0.6) is 0 Å². The van der Waals surface area contributed by atoms with Crippen molar-refractivity contribution >= 4 is 23.4 Å². The van der Waals surface area contributed by atoms with Gasteiger partial charge in [0.1, 0.15) is 5.76 Å². The Balaban J connectivity index is 2.42. The number of anilines is 1. The highest BCUT2D eigenvalue weighted by Gasteiger charge is 2.04. The first-order chi connectivity index (χ1) is 8.15. The molecule has 0 heterocycles. The zero-order chi connectivity index (χ0) is 12.7. The van der Waals surface area contributed by atoms with Gasteiger partial charge in [0.05, 0.1) is 0 Å². The fraction of sp³-hybridized carbons (Fsp3) is 0.250.